The van der Waals surface area contributed by atoms with Crippen molar-refractivity contribution in [3.63, 3.8) is 0 Å². The molecule has 2 rings (SSSR count). The van der Waals surface area contributed by atoms with E-state index in [9.17, 15) is 5.11 Å². The van der Waals surface area contributed by atoms with Crippen LogP contribution in [0.1, 0.15) is 21.1 Å². The monoisotopic (exact) mass is 231 g/mol. The summed E-state index contributed by atoms with van der Waals surface area (Å²) in [7, 11) is 0. The topological polar surface area (TPSA) is 33.1 Å². The summed E-state index contributed by atoms with van der Waals surface area (Å²) in [5, 5.41) is 10.7. The summed E-state index contributed by atoms with van der Waals surface area (Å²) in [6.45, 7) is 4.01. The van der Waals surface area contributed by atoms with E-state index in [1.54, 1.807) is 17.4 Å². The highest BCUT2D eigenvalue weighted by Crippen LogP contribution is 2.21. The molecule has 2 nitrogen and oxygen atoms in total. The van der Waals surface area contributed by atoms with Crippen LogP contribution in [-0.4, -0.2) is 10.1 Å². The van der Waals surface area contributed by atoms with Crippen LogP contribution in [0, 0.1) is 13.8 Å². The molecule has 1 N–H and O–H groups in total. The third-order valence-electron chi connectivity index (χ3n) is 2.37. The fourth-order valence-corrected chi connectivity index (χ4v) is 2.23. The van der Waals surface area contributed by atoms with Gasteiger partial charge in [0.1, 0.15) is 10.8 Å². The van der Waals surface area contributed by atoms with Gasteiger partial charge in [0.25, 0.3) is 0 Å². The number of benzene rings is 1. The van der Waals surface area contributed by atoms with Gasteiger partial charge < -0.3 is 5.11 Å². The maximum Gasteiger partial charge on any atom is 0.125 e. The fourth-order valence-electron chi connectivity index (χ4n) is 1.37. The van der Waals surface area contributed by atoms with E-state index in [2.05, 4.69) is 4.98 Å². The van der Waals surface area contributed by atoms with Crippen molar-refractivity contribution in [3.8, 4) is 0 Å². The van der Waals surface area contributed by atoms with Gasteiger partial charge in [-0.05, 0) is 13.8 Å². The Morgan fingerprint density at radius 3 is 2.50 bits per heavy atom. The highest BCUT2D eigenvalue weighted by molar-refractivity contribution is 7.12. The van der Waals surface area contributed by atoms with E-state index in [4.69, 9.17) is 0 Å². The Balaban J connectivity index is 2.31. The molecule has 1 aromatic heterocycles. The number of aromatic nitrogens is 1. The summed E-state index contributed by atoms with van der Waals surface area (Å²) < 4.78 is 0. The lowest BCUT2D eigenvalue weighted by molar-refractivity contribution is 0.515. The molecule has 1 heterocycles. The molecule has 82 valence electrons. The average Bonchev–Trinajstić information content (AvgIpc) is 2.59. The van der Waals surface area contributed by atoms with Crippen molar-refractivity contribution in [2.24, 2.45) is 0 Å². The van der Waals surface area contributed by atoms with Crippen molar-refractivity contribution in [3.05, 3.63) is 51.5 Å². The predicted octanol–water partition coefficient (Wildman–Crippen LogP) is 3.82. The van der Waals surface area contributed by atoms with E-state index in [0.29, 0.717) is 0 Å². The zero-order valence-corrected chi connectivity index (χ0v) is 10.1. The Kier molecular flexibility index (Phi) is 3.06. The van der Waals surface area contributed by atoms with Gasteiger partial charge >= 0.3 is 0 Å². The van der Waals surface area contributed by atoms with Crippen LogP contribution >= 0.6 is 11.3 Å². The Morgan fingerprint density at radius 2 is 1.94 bits per heavy atom. The van der Waals surface area contributed by atoms with E-state index in [-0.39, 0.29) is 5.76 Å². The summed E-state index contributed by atoms with van der Waals surface area (Å²) in [6, 6.07) is 9.47. The molecule has 1 aromatic carbocycles. The van der Waals surface area contributed by atoms with E-state index in [1.807, 2.05) is 44.2 Å². The molecule has 0 atom stereocenters. The van der Waals surface area contributed by atoms with Crippen LogP contribution in [0.2, 0.25) is 0 Å². The molecule has 0 amide bonds. The minimum atomic E-state index is 0.259. The lowest BCUT2D eigenvalue weighted by Gasteiger charge is -1.97. The number of rotatable bonds is 2. The van der Waals surface area contributed by atoms with E-state index < -0.39 is 0 Å². The van der Waals surface area contributed by atoms with Crippen LogP contribution in [0.15, 0.2) is 30.3 Å². The number of nitrogens with zero attached hydrogens (tertiary/aromatic N) is 1. The van der Waals surface area contributed by atoms with E-state index in [0.717, 1.165) is 16.3 Å². The molecule has 0 aliphatic carbocycles. The summed E-state index contributed by atoms with van der Waals surface area (Å²) >= 11 is 1.59. The molecule has 2 aromatic rings. The van der Waals surface area contributed by atoms with Gasteiger partial charge in [-0.2, -0.15) is 0 Å². The molecule has 0 spiro atoms. The smallest absolute Gasteiger partial charge is 0.125 e. The molecule has 0 aliphatic heterocycles. The molecule has 0 bridgehead atoms. The van der Waals surface area contributed by atoms with Gasteiger partial charge in [0.15, 0.2) is 0 Å². The first-order chi connectivity index (χ1) is 7.66. The van der Waals surface area contributed by atoms with Crippen LogP contribution in [0.5, 0.6) is 0 Å². The minimum Gasteiger partial charge on any atom is -0.507 e. The molecule has 0 saturated carbocycles. The predicted molar refractivity (Wildman–Crippen MR) is 68.5 cm³/mol. The van der Waals surface area contributed by atoms with Crippen molar-refractivity contribution in [1.29, 1.82) is 0 Å². The van der Waals surface area contributed by atoms with E-state index in [1.165, 1.54) is 4.88 Å². The SMILES string of the molecule is Cc1nc(/C=C(\O)c2ccccc2)sc1C. The highest BCUT2D eigenvalue weighted by atomic mass is 32.1. The van der Waals surface area contributed by atoms with E-state index >= 15 is 0 Å². The zero-order valence-electron chi connectivity index (χ0n) is 9.27. The summed E-state index contributed by atoms with van der Waals surface area (Å²) in [5.41, 5.74) is 1.84. The van der Waals surface area contributed by atoms with Crippen molar-refractivity contribution >= 4 is 23.2 Å². The third kappa shape index (κ3) is 2.31. The molecule has 16 heavy (non-hydrogen) atoms. The van der Waals surface area contributed by atoms with Crippen LogP contribution in [0.25, 0.3) is 11.8 Å². The second kappa shape index (κ2) is 4.49. The average molecular weight is 231 g/mol. The number of thiazole rings is 1. The Bertz CT molecular complexity index is 494. The largest absolute Gasteiger partial charge is 0.507 e. The van der Waals surface area contributed by atoms with Crippen molar-refractivity contribution < 1.29 is 5.11 Å². The number of aliphatic hydroxyl groups excluding tert-OH is 1. The molecule has 0 unspecified atom stereocenters. The lowest BCUT2D eigenvalue weighted by Crippen LogP contribution is -1.81. The summed E-state index contributed by atoms with van der Waals surface area (Å²) in [6.07, 6.45) is 1.71. The first kappa shape index (κ1) is 10.9. The highest BCUT2D eigenvalue weighted by Gasteiger charge is 2.03. The molecule has 0 aliphatic rings. The van der Waals surface area contributed by atoms with Gasteiger partial charge in [-0.1, -0.05) is 30.3 Å². The zero-order chi connectivity index (χ0) is 11.5. The Morgan fingerprint density at radius 1 is 1.25 bits per heavy atom. The van der Waals surface area contributed by atoms with Crippen LogP contribution in [0.3, 0.4) is 0 Å². The molecule has 3 heteroatoms. The molecule has 0 saturated heterocycles. The van der Waals surface area contributed by atoms with Gasteiger partial charge in [-0.3, -0.25) is 0 Å². The van der Waals surface area contributed by atoms with Crippen LogP contribution < -0.4 is 0 Å². The Labute approximate surface area is 98.9 Å². The van der Waals surface area contributed by atoms with Crippen molar-refractivity contribution in [2.75, 3.05) is 0 Å². The fraction of sp³-hybridized carbons (Fsp3) is 0.154. The number of hydrogen-bond acceptors (Lipinski definition) is 3. The van der Waals surface area contributed by atoms with Gasteiger partial charge in [0, 0.05) is 16.5 Å². The molecular weight excluding hydrogens is 218 g/mol. The number of aliphatic hydroxyl groups is 1. The van der Waals surface area contributed by atoms with Gasteiger partial charge in [0.2, 0.25) is 0 Å². The maximum absolute atomic E-state index is 9.90. The van der Waals surface area contributed by atoms with Crippen molar-refractivity contribution in [1.82, 2.24) is 4.98 Å². The maximum atomic E-state index is 9.90. The first-order valence-electron chi connectivity index (χ1n) is 5.07. The lowest BCUT2D eigenvalue weighted by atomic mass is 10.2. The summed E-state index contributed by atoms with van der Waals surface area (Å²) in [4.78, 5) is 5.54. The Hall–Kier alpha value is -1.61. The van der Waals surface area contributed by atoms with Crippen LogP contribution in [-0.2, 0) is 0 Å². The molecule has 0 radical (unpaired) electrons. The van der Waals surface area contributed by atoms with Gasteiger partial charge in [0.05, 0.1) is 5.69 Å². The standard InChI is InChI=1S/C13H13NOS/c1-9-10(2)16-13(14-9)8-12(15)11-6-4-3-5-7-11/h3-8,15H,1-2H3/b12-8-. The van der Waals surface area contributed by atoms with Crippen molar-refractivity contribution in [2.45, 2.75) is 13.8 Å². The normalized spacial score (nSPS) is 11.8. The van der Waals surface area contributed by atoms with Gasteiger partial charge in [-0.15, -0.1) is 11.3 Å². The summed E-state index contributed by atoms with van der Waals surface area (Å²) in [5.74, 6) is 0.259. The third-order valence-corrected chi connectivity index (χ3v) is 3.39. The quantitative estimate of drug-likeness (QED) is 0.797. The van der Waals surface area contributed by atoms with Gasteiger partial charge in [-0.25, -0.2) is 4.98 Å². The second-order valence-corrected chi connectivity index (χ2v) is 4.82. The second-order valence-electron chi connectivity index (χ2n) is 3.59. The molecular formula is C13H13NOS. The van der Waals surface area contributed by atoms with Crippen LogP contribution in [0.4, 0.5) is 0 Å². The number of hydrogen-bond donors (Lipinski definition) is 1. The molecule has 0 fully saturated rings. The minimum absolute atomic E-state index is 0.259. The first-order valence-corrected chi connectivity index (χ1v) is 5.88. The number of aryl methyl sites for hydroxylation is 2.